The van der Waals surface area contributed by atoms with Gasteiger partial charge in [-0.05, 0) is 67.2 Å². The van der Waals surface area contributed by atoms with Gasteiger partial charge in [0.2, 0.25) is 0 Å². The van der Waals surface area contributed by atoms with Crippen molar-refractivity contribution in [3.05, 3.63) is 68.6 Å². The van der Waals surface area contributed by atoms with Crippen LogP contribution in [0, 0.1) is 5.92 Å². The highest BCUT2D eigenvalue weighted by Gasteiger charge is 2.37. The third-order valence-electron chi connectivity index (χ3n) is 5.40. The van der Waals surface area contributed by atoms with Gasteiger partial charge < -0.3 is 9.47 Å². The van der Waals surface area contributed by atoms with E-state index >= 15 is 0 Å². The topological polar surface area (TPSA) is 38.8 Å². The molecule has 2 aromatic carbocycles. The quantitative estimate of drug-likeness (QED) is 0.522. The molecular formula is C21H21Br2NO3. The highest BCUT2D eigenvalue weighted by atomic mass is 79.9. The first kappa shape index (κ1) is 19.0. The molecule has 27 heavy (non-hydrogen) atoms. The van der Waals surface area contributed by atoms with E-state index in [2.05, 4.69) is 36.8 Å². The summed E-state index contributed by atoms with van der Waals surface area (Å²) in [6.45, 7) is 3.04. The molecule has 2 bridgehead atoms. The first-order chi connectivity index (χ1) is 13.1. The van der Waals surface area contributed by atoms with Crippen molar-refractivity contribution in [1.29, 1.82) is 0 Å². The lowest BCUT2D eigenvalue weighted by molar-refractivity contribution is -0.0642. The van der Waals surface area contributed by atoms with E-state index in [1.54, 1.807) is 0 Å². The summed E-state index contributed by atoms with van der Waals surface area (Å²) >= 11 is 6.90. The second-order valence-electron chi connectivity index (χ2n) is 7.15. The smallest absolute Gasteiger partial charge is 0.429 e. The Morgan fingerprint density at radius 3 is 1.89 bits per heavy atom. The summed E-state index contributed by atoms with van der Waals surface area (Å²) in [6.07, 6.45) is 1.04. The van der Waals surface area contributed by atoms with E-state index in [4.69, 9.17) is 9.47 Å². The highest BCUT2D eigenvalue weighted by Crippen LogP contribution is 2.32. The maximum atomic E-state index is 12.6. The van der Waals surface area contributed by atoms with Gasteiger partial charge in [0.25, 0.3) is 0 Å². The Morgan fingerprint density at radius 1 is 0.926 bits per heavy atom. The fraction of sp³-hybridized carbons (Fsp3) is 0.381. The molecule has 1 unspecified atom stereocenters. The average molecular weight is 495 g/mol. The lowest BCUT2D eigenvalue weighted by atomic mass is 9.86. The summed E-state index contributed by atoms with van der Waals surface area (Å²) in [5.41, 5.74) is 1.82. The summed E-state index contributed by atoms with van der Waals surface area (Å²) in [4.78, 5) is 15.0. The van der Waals surface area contributed by atoms with Crippen LogP contribution in [-0.4, -0.2) is 36.8 Å². The van der Waals surface area contributed by atoms with Crippen LogP contribution in [0.2, 0.25) is 0 Å². The molecule has 3 aliphatic heterocycles. The Balaban J connectivity index is 1.51. The van der Waals surface area contributed by atoms with Gasteiger partial charge >= 0.3 is 6.16 Å². The predicted octanol–water partition coefficient (Wildman–Crippen LogP) is 5.55. The van der Waals surface area contributed by atoms with Gasteiger partial charge in [-0.1, -0.05) is 56.1 Å². The fourth-order valence-electron chi connectivity index (χ4n) is 3.90. The van der Waals surface area contributed by atoms with Crippen LogP contribution >= 0.6 is 31.9 Å². The molecule has 1 atom stereocenters. The molecule has 0 aromatic heterocycles. The Labute approximate surface area is 176 Å². The van der Waals surface area contributed by atoms with E-state index in [0.717, 1.165) is 52.5 Å². The molecule has 0 amide bonds. The normalized spacial score (nSPS) is 24.0. The lowest BCUT2D eigenvalue weighted by Gasteiger charge is -2.43. The molecule has 3 aliphatic rings. The summed E-state index contributed by atoms with van der Waals surface area (Å²) in [5.74, 6) is 0.460. The third kappa shape index (κ3) is 4.55. The standard InChI is InChI=1S/C21H21Br2NO3/c22-17-5-1-15(2-6-17)20(16-3-7-18(23)8-4-16)27-21(25)26-19-13-24-11-9-14(19)10-12-24/h1-8,14,19-20H,9-13H2. The summed E-state index contributed by atoms with van der Waals surface area (Å²) in [7, 11) is 0. The molecular weight excluding hydrogens is 474 g/mol. The van der Waals surface area contributed by atoms with Crippen LogP contribution < -0.4 is 0 Å². The van der Waals surface area contributed by atoms with Crippen molar-refractivity contribution in [2.45, 2.75) is 25.0 Å². The molecule has 3 saturated heterocycles. The van der Waals surface area contributed by atoms with Gasteiger partial charge in [-0.3, -0.25) is 4.90 Å². The van der Waals surface area contributed by atoms with Crippen molar-refractivity contribution in [1.82, 2.24) is 4.90 Å². The number of carbonyl (C=O) groups is 1. The molecule has 3 heterocycles. The van der Waals surface area contributed by atoms with Gasteiger partial charge in [-0.25, -0.2) is 4.79 Å². The van der Waals surface area contributed by atoms with Crippen molar-refractivity contribution >= 4 is 38.0 Å². The minimum absolute atomic E-state index is 0.0597. The van der Waals surface area contributed by atoms with Gasteiger partial charge in [-0.2, -0.15) is 0 Å². The van der Waals surface area contributed by atoms with Crippen LogP contribution in [0.4, 0.5) is 4.79 Å². The predicted molar refractivity (Wildman–Crippen MR) is 111 cm³/mol. The SMILES string of the molecule is O=C(OC(c1ccc(Br)cc1)c1ccc(Br)cc1)OC1CN2CCC1CC2. The van der Waals surface area contributed by atoms with Crippen LogP contribution in [0.15, 0.2) is 57.5 Å². The molecule has 6 heteroatoms. The number of ether oxygens (including phenoxy) is 2. The zero-order chi connectivity index (χ0) is 18.8. The Hall–Kier alpha value is -1.37. The van der Waals surface area contributed by atoms with Crippen molar-refractivity contribution in [3.8, 4) is 0 Å². The van der Waals surface area contributed by atoms with E-state index in [9.17, 15) is 4.79 Å². The minimum atomic E-state index is -0.593. The zero-order valence-electron chi connectivity index (χ0n) is 14.8. The molecule has 0 radical (unpaired) electrons. The van der Waals surface area contributed by atoms with E-state index in [1.165, 1.54) is 0 Å². The van der Waals surface area contributed by atoms with E-state index in [0.29, 0.717) is 5.92 Å². The monoisotopic (exact) mass is 493 g/mol. The average Bonchev–Trinajstić information content (AvgIpc) is 2.69. The van der Waals surface area contributed by atoms with Crippen LogP contribution in [0.25, 0.3) is 0 Å². The van der Waals surface area contributed by atoms with Gasteiger partial charge in [0, 0.05) is 15.5 Å². The number of hydrogen-bond acceptors (Lipinski definition) is 4. The molecule has 0 saturated carbocycles. The van der Waals surface area contributed by atoms with E-state index < -0.39 is 12.3 Å². The van der Waals surface area contributed by atoms with Gasteiger partial charge in [0.05, 0.1) is 0 Å². The van der Waals surface area contributed by atoms with Crippen molar-refractivity contribution in [3.63, 3.8) is 0 Å². The fourth-order valence-corrected chi connectivity index (χ4v) is 4.42. The second-order valence-corrected chi connectivity index (χ2v) is 8.98. The van der Waals surface area contributed by atoms with Crippen molar-refractivity contribution in [2.75, 3.05) is 19.6 Å². The Morgan fingerprint density at radius 2 is 1.44 bits per heavy atom. The molecule has 3 fully saturated rings. The first-order valence-electron chi connectivity index (χ1n) is 9.19. The largest absolute Gasteiger partial charge is 0.509 e. The van der Waals surface area contributed by atoms with E-state index in [1.807, 2.05) is 48.5 Å². The molecule has 0 spiro atoms. The van der Waals surface area contributed by atoms with Crippen molar-refractivity contribution in [2.24, 2.45) is 5.92 Å². The Kier molecular flexibility index (Phi) is 5.85. The first-order valence-corrected chi connectivity index (χ1v) is 10.8. The highest BCUT2D eigenvalue weighted by molar-refractivity contribution is 9.10. The lowest BCUT2D eigenvalue weighted by Crippen LogP contribution is -2.52. The maximum absolute atomic E-state index is 12.6. The van der Waals surface area contributed by atoms with Crippen LogP contribution in [0.1, 0.15) is 30.1 Å². The molecule has 5 rings (SSSR count). The van der Waals surface area contributed by atoms with Crippen LogP contribution in [-0.2, 0) is 9.47 Å². The number of benzene rings is 2. The number of halogens is 2. The number of nitrogens with zero attached hydrogens (tertiary/aromatic N) is 1. The number of hydrogen-bond donors (Lipinski definition) is 0. The van der Waals surface area contributed by atoms with Crippen LogP contribution in [0.3, 0.4) is 0 Å². The zero-order valence-corrected chi connectivity index (χ0v) is 18.0. The Bertz CT molecular complexity index is 741. The number of fused-ring (bicyclic) bond motifs is 3. The molecule has 0 N–H and O–H groups in total. The molecule has 2 aromatic rings. The molecule has 4 nitrogen and oxygen atoms in total. The number of carbonyl (C=O) groups excluding carboxylic acids is 1. The van der Waals surface area contributed by atoms with Crippen molar-refractivity contribution < 1.29 is 14.3 Å². The molecule has 0 aliphatic carbocycles. The number of rotatable bonds is 4. The van der Waals surface area contributed by atoms with E-state index in [-0.39, 0.29) is 6.10 Å². The van der Waals surface area contributed by atoms with Gasteiger partial charge in [-0.15, -0.1) is 0 Å². The third-order valence-corrected chi connectivity index (χ3v) is 6.46. The van der Waals surface area contributed by atoms with Crippen LogP contribution in [0.5, 0.6) is 0 Å². The summed E-state index contributed by atoms with van der Waals surface area (Å²) in [5, 5.41) is 0. The van der Waals surface area contributed by atoms with Gasteiger partial charge in [0.1, 0.15) is 6.10 Å². The maximum Gasteiger partial charge on any atom is 0.509 e. The number of piperidine rings is 3. The summed E-state index contributed by atoms with van der Waals surface area (Å²) in [6, 6.07) is 15.6. The minimum Gasteiger partial charge on any atom is -0.429 e. The molecule has 142 valence electrons. The van der Waals surface area contributed by atoms with Gasteiger partial charge in [0.15, 0.2) is 6.10 Å². The summed E-state index contributed by atoms with van der Waals surface area (Å²) < 4.78 is 13.5. The second kappa shape index (κ2) is 8.33.